The lowest BCUT2D eigenvalue weighted by molar-refractivity contribution is -0.122. The van der Waals surface area contributed by atoms with Crippen LogP contribution in [0.25, 0.3) is 17.4 Å². The zero-order valence-corrected chi connectivity index (χ0v) is 17.5. The highest BCUT2D eigenvalue weighted by molar-refractivity contribution is 7.80. The molecule has 9 heteroatoms. The predicted octanol–water partition coefficient (Wildman–Crippen LogP) is 3.48. The number of methoxy groups -OCH3 is 1. The monoisotopic (exact) mass is 448 g/mol. The Morgan fingerprint density at radius 3 is 2.50 bits per heavy atom. The van der Waals surface area contributed by atoms with E-state index in [0.29, 0.717) is 22.8 Å². The number of anilines is 1. The molecule has 160 valence electrons. The van der Waals surface area contributed by atoms with E-state index >= 15 is 0 Å². The van der Waals surface area contributed by atoms with Gasteiger partial charge in [0.05, 0.1) is 18.4 Å². The van der Waals surface area contributed by atoms with Gasteiger partial charge in [-0.1, -0.05) is 24.3 Å². The topological polar surface area (TPSA) is 109 Å². The molecule has 0 spiro atoms. The Hall–Kier alpha value is -4.24. The average Bonchev–Trinajstić information content (AvgIpc) is 3.25. The van der Waals surface area contributed by atoms with Crippen molar-refractivity contribution in [3.05, 3.63) is 77.6 Å². The molecule has 32 heavy (non-hydrogen) atoms. The van der Waals surface area contributed by atoms with E-state index in [1.165, 1.54) is 30.2 Å². The summed E-state index contributed by atoms with van der Waals surface area (Å²) >= 11 is 5.21. The van der Waals surface area contributed by atoms with E-state index in [1.807, 2.05) is 0 Å². The second kappa shape index (κ2) is 8.48. The van der Waals surface area contributed by atoms with Gasteiger partial charge in [0.1, 0.15) is 22.8 Å². The molecular formula is C23H16N2O6S. The van der Waals surface area contributed by atoms with Crippen molar-refractivity contribution >= 4 is 46.9 Å². The van der Waals surface area contributed by atoms with E-state index in [0.717, 1.165) is 0 Å². The summed E-state index contributed by atoms with van der Waals surface area (Å²) in [4.78, 5) is 37.8. The molecule has 0 bridgehead atoms. The highest BCUT2D eigenvalue weighted by Crippen LogP contribution is 2.31. The van der Waals surface area contributed by atoms with Gasteiger partial charge in [-0.25, -0.2) is 9.69 Å². The van der Waals surface area contributed by atoms with E-state index in [4.69, 9.17) is 26.5 Å². The van der Waals surface area contributed by atoms with Crippen molar-refractivity contribution in [1.82, 2.24) is 5.32 Å². The molecule has 4 rings (SSSR count). The number of carbonyl (C=O) groups is 3. The smallest absolute Gasteiger partial charge is 0.335 e. The maximum absolute atomic E-state index is 13.2. The number of nitrogens with one attached hydrogen (secondary N) is 1. The third kappa shape index (κ3) is 3.88. The van der Waals surface area contributed by atoms with Crippen molar-refractivity contribution in [2.45, 2.75) is 0 Å². The van der Waals surface area contributed by atoms with Crippen LogP contribution in [0.15, 0.2) is 70.7 Å². The average molecular weight is 448 g/mol. The lowest BCUT2D eigenvalue weighted by Crippen LogP contribution is -2.54. The summed E-state index contributed by atoms with van der Waals surface area (Å²) in [6, 6.07) is 16.2. The molecule has 2 amide bonds. The predicted molar refractivity (Wildman–Crippen MR) is 120 cm³/mol. The Morgan fingerprint density at radius 1 is 1.09 bits per heavy atom. The zero-order chi connectivity index (χ0) is 22.8. The first-order chi connectivity index (χ1) is 15.4. The number of benzene rings is 2. The number of thiocarbonyl (C=S) groups is 1. The van der Waals surface area contributed by atoms with Crippen LogP contribution in [0.4, 0.5) is 5.69 Å². The van der Waals surface area contributed by atoms with Gasteiger partial charge in [0.25, 0.3) is 11.8 Å². The second-order valence-corrected chi connectivity index (χ2v) is 7.10. The molecule has 2 heterocycles. The van der Waals surface area contributed by atoms with Gasteiger partial charge in [0.2, 0.25) is 0 Å². The van der Waals surface area contributed by atoms with Gasteiger partial charge in [0, 0.05) is 5.56 Å². The summed E-state index contributed by atoms with van der Waals surface area (Å²) in [5.41, 5.74) is 1.04. The van der Waals surface area contributed by atoms with Crippen molar-refractivity contribution in [2.24, 2.45) is 0 Å². The van der Waals surface area contributed by atoms with Crippen LogP contribution in [-0.4, -0.2) is 35.1 Å². The first kappa shape index (κ1) is 21.0. The van der Waals surface area contributed by atoms with Crippen LogP contribution in [0.1, 0.15) is 16.1 Å². The first-order valence-corrected chi connectivity index (χ1v) is 9.78. The van der Waals surface area contributed by atoms with E-state index in [1.54, 1.807) is 48.5 Å². The third-order valence-corrected chi connectivity index (χ3v) is 5.04. The Balaban J connectivity index is 1.66. The number of nitrogens with zero attached hydrogens (tertiary/aromatic N) is 1. The van der Waals surface area contributed by atoms with Crippen LogP contribution in [0.2, 0.25) is 0 Å². The van der Waals surface area contributed by atoms with Crippen LogP contribution < -0.4 is 15.0 Å². The largest absolute Gasteiger partial charge is 0.495 e. The fourth-order valence-corrected chi connectivity index (χ4v) is 3.47. The van der Waals surface area contributed by atoms with Crippen molar-refractivity contribution in [3.63, 3.8) is 0 Å². The van der Waals surface area contributed by atoms with E-state index in [2.05, 4.69) is 5.32 Å². The SMILES string of the molecule is COc1ccccc1N1C(=O)/C(=C/c2ccc(-c3ccc(C(=O)O)cc3)o2)C(=O)NC1=S. The highest BCUT2D eigenvalue weighted by Gasteiger charge is 2.36. The van der Waals surface area contributed by atoms with E-state index < -0.39 is 17.8 Å². The number of rotatable bonds is 5. The lowest BCUT2D eigenvalue weighted by atomic mass is 10.1. The summed E-state index contributed by atoms with van der Waals surface area (Å²) in [7, 11) is 1.47. The second-order valence-electron chi connectivity index (χ2n) is 6.71. The molecule has 0 radical (unpaired) electrons. The first-order valence-electron chi connectivity index (χ1n) is 9.37. The van der Waals surface area contributed by atoms with Gasteiger partial charge < -0.3 is 14.3 Å². The number of aromatic carboxylic acids is 1. The number of hydrogen-bond acceptors (Lipinski definition) is 6. The van der Waals surface area contributed by atoms with Crippen molar-refractivity contribution in [1.29, 1.82) is 0 Å². The summed E-state index contributed by atoms with van der Waals surface area (Å²) in [6.07, 6.45) is 1.33. The molecule has 2 N–H and O–H groups in total. The number of furan rings is 1. The van der Waals surface area contributed by atoms with Crippen LogP contribution in [-0.2, 0) is 9.59 Å². The quantitative estimate of drug-likeness (QED) is 0.349. The molecule has 0 atom stereocenters. The molecule has 1 aromatic heterocycles. The molecule has 1 saturated heterocycles. The molecule has 1 fully saturated rings. The van der Waals surface area contributed by atoms with Crippen molar-refractivity contribution in [3.8, 4) is 17.1 Å². The lowest BCUT2D eigenvalue weighted by Gasteiger charge is -2.29. The summed E-state index contributed by atoms with van der Waals surface area (Å²) in [5.74, 6) is -1.14. The minimum Gasteiger partial charge on any atom is -0.495 e. The summed E-state index contributed by atoms with van der Waals surface area (Å²) in [6.45, 7) is 0. The fourth-order valence-electron chi connectivity index (χ4n) is 3.20. The molecule has 0 aliphatic carbocycles. The maximum Gasteiger partial charge on any atom is 0.335 e. The number of carboxylic acid groups (broad SMARTS) is 1. The van der Waals surface area contributed by atoms with Gasteiger partial charge in [0.15, 0.2) is 5.11 Å². The van der Waals surface area contributed by atoms with Crippen LogP contribution >= 0.6 is 12.2 Å². The number of carbonyl (C=O) groups excluding carboxylic acids is 2. The van der Waals surface area contributed by atoms with E-state index in [9.17, 15) is 14.4 Å². The van der Waals surface area contributed by atoms with Gasteiger partial charge in [-0.2, -0.15) is 0 Å². The van der Waals surface area contributed by atoms with Crippen LogP contribution in [0, 0.1) is 0 Å². The molecule has 2 aromatic carbocycles. The fraction of sp³-hybridized carbons (Fsp3) is 0.0435. The summed E-state index contributed by atoms with van der Waals surface area (Å²) in [5, 5.41) is 11.5. The Bertz CT molecular complexity index is 1280. The summed E-state index contributed by atoms with van der Waals surface area (Å²) < 4.78 is 11.1. The third-order valence-electron chi connectivity index (χ3n) is 4.76. The molecule has 1 aliphatic rings. The van der Waals surface area contributed by atoms with E-state index in [-0.39, 0.29) is 22.0 Å². The molecule has 1 aliphatic heterocycles. The number of amides is 2. The Morgan fingerprint density at radius 2 is 1.81 bits per heavy atom. The van der Waals surface area contributed by atoms with Crippen LogP contribution in [0.5, 0.6) is 5.75 Å². The molecular weight excluding hydrogens is 432 g/mol. The van der Waals surface area contributed by atoms with Gasteiger partial charge in [-0.15, -0.1) is 0 Å². The molecule has 0 saturated carbocycles. The van der Waals surface area contributed by atoms with Gasteiger partial charge in [-0.05, 0) is 54.7 Å². The molecule has 8 nitrogen and oxygen atoms in total. The Kier molecular flexibility index (Phi) is 5.57. The normalized spacial score (nSPS) is 15.1. The zero-order valence-electron chi connectivity index (χ0n) is 16.7. The van der Waals surface area contributed by atoms with Crippen molar-refractivity contribution < 1.29 is 28.6 Å². The van der Waals surface area contributed by atoms with Crippen LogP contribution in [0.3, 0.4) is 0 Å². The van der Waals surface area contributed by atoms with Gasteiger partial charge >= 0.3 is 5.97 Å². The minimum absolute atomic E-state index is 0.0553. The standard InChI is InChI=1S/C23H16N2O6S/c1-30-19-5-3-2-4-17(19)25-21(27)16(20(26)24-23(25)32)12-15-10-11-18(31-15)13-6-8-14(9-7-13)22(28)29/h2-12H,1H3,(H,28,29)(H,24,26,32)/b16-12+. The number of para-hydroxylation sites is 2. The highest BCUT2D eigenvalue weighted by atomic mass is 32.1. The maximum atomic E-state index is 13.2. The molecule has 0 unspecified atom stereocenters. The Labute approximate surface area is 187 Å². The van der Waals surface area contributed by atoms with Gasteiger partial charge in [-0.3, -0.25) is 14.9 Å². The van der Waals surface area contributed by atoms with Crippen molar-refractivity contribution in [2.75, 3.05) is 12.0 Å². The number of hydrogen-bond donors (Lipinski definition) is 2. The number of carboxylic acids is 1. The molecule has 3 aromatic rings. The minimum atomic E-state index is -1.03. The number of ether oxygens (including phenoxy) is 1.